The van der Waals surface area contributed by atoms with Gasteiger partial charge >= 0.3 is 0 Å². The molecule has 0 spiro atoms. The molecule has 0 radical (unpaired) electrons. The first kappa shape index (κ1) is 19.6. The number of nitro benzene ring substituents is 2. The minimum absolute atomic E-state index is 0.0836. The summed E-state index contributed by atoms with van der Waals surface area (Å²) >= 11 is 0. The lowest BCUT2D eigenvalue weighted by molar-refractivity contribution is -0.385. The number of hydrazine groups is 1. The second-order valence-electron chi connectivity index (χ2n) is 6.16. The third-order valence-corrected chi connectivity index (χ3v) is 4.31. The molecular formula is C18H14N4O7. The number of hydrogen-bond acceptors (Lipinski definition) is 7. The van der Waals surface area contributed by atoms with Crippen LogP contribution in [0.2, 0.25) is 0 Å². The predicted molar refractivity (Wildman–Crippen MR) is 97.2 cm³/mol. The largest absolute Gasteiger partial charge is 0.282 e. The predicted octanol–water partition coefficient (Wildman–Crippen LogP) is 2.21. The molecular weight excluding hydrogens is 384 g/mol. The fourth-order valence-corrected chi connectivity index (χ4v) is 2.92. The van der Waals surface area contributed by atoms with Crippen LogP contribution in [0.1, 0.15) is 28.8 Å². The van der Waals surface area contributed by atoms with Gasteiger partial charge in [-0.3, -0.25) is 34.6 Å². The van der Waals surface area contributed by atoms with E-state index in [0.717, 1.165) is 11.1 Å². The van der Waals surface area contributed by atoms with E-state index in [9.17, 15) is 34.6 Å². The van der Waals surface area contributed by atoms with E-state index in [2.05, 4.69) is 0 Å². The molecule has 11 heteroatoms. The average Bonchev–Trinajstić information content (AvgIpc) is 3.04. The summed E-state index contributed by atoms with van der Waals surface area (Å²) in [6.07, 6.45) is -0.167. The molecule has 0 saturated carbocycles. The van der Waals surface area contributed by atoms with Gasteiger partial charge < -0.3 is 0 Å². The van der Waals surface area contributed by atoms with Gasteiger partial charge in [-0.25, -0.2) is 5.01 Å². The van der Waals surface area contributed by atoms with Gasteiger partial charge in [0.2, 0.25) is 11.8 Å². The van der Waals surface area contributed by atoms with Gasteiger partial charge in [0.15, 0.2) is 0 Å². The molecule has 11 nitrogen and oxygen atoms in total. The highest BCUT2D eigenvalue weighted by Crippen LogP contribution is 2.25. The number of amides is 3. The van der Waals surface area contributed by atoms with Crippen LogP contribution in [0.4, 0.5) is 11.4 Å². The topological polar surface area (TPSA) is 144 Å². The number of hydrogen-bond donors (Lipinski definition) is 0. The normalized spacial score (nSPS) is 13.4. The van der Waals surface area contributed by atoms with Gasteiger partial charge in [0.05, 0.1) is 16.4 Å². The van der Waals surface area contributed by atoms with Crippen molar-refractivity contribution >= 4 is 29.1 Å². The summed E-state index contributed by atoms with van der Waals surface area (Å²) in [4.78, 5) is 58.3. The molecule has 0 N–H and O–H groups in total. The summed E-state index contributed by atoms with van der Waals surface area (Å²) in [5.74, 6) is -2.12. The Morgan fingerprint density at radius 3 is 2.07 bits per heavy atom. The maximum Gasteiger partial charge on any atom is 0.282 e. The zero-order valence-corrected chi connectivity index (χ0v) is 14.9. The Morgan fingerprint density at radius 1 is 0.931 bits per heavy atom. The Bertz CT molecular complexity index is 1000. The third-order valence-electron chi connectivity index (χ3n) is 4.31. The fourth-order valence-electron chi connectivity index (χ4n) is 2.92. The second-order valence-corrected chi connectivity index (χ2v) is 6.16. The van der Waals surface area contributed by atoms with Gasteiger partial charge in [0.25, 0.3) is 17.3 Å². The molecule has 0 aromatic heterocycles. The smallest absolute Gasteiger partial charge is 0.273 e. The molecule has 1 aliphatic heterocycles. The van der Waals surface area contributed by atoms with Crippen molar-refractivity contribution in [2.75, 3.05) is 0 Å². The minimum Gasteiger partial charge on any atom is -0.273 e. The number of nitrogens with zero attached hydrogens (tertiary/aromatic N) is 4. The van der Waals surface area contributed by atoms with Gasteiger partial charge in [-0.1, -0.05) is 24.3 Å². The molecule has 3 amide bonds. The fraction of sp³-hybridized carbons (Fsp3) is 0.167. The lowest BCUT2D eigenvalue weighted by Crippen LogP contribution is -2.49. The first-order valence-corrected chi connectivity index (χ1v) is 8.44. The van der Waals surface area contributed by atoms with Gasteiger partial charge in [-0.15, -0.1) is 0 Å². The van der Waals surface area contributed by atoms with Crippen molar-refractivity contribution in [3.8, 4) is 0 Å². The summed E-state index contributed by atoms with van der Waals surface area (Å²) in [6.45, 7) is -0.277. The lowest BCUT2D eigenvalue weighted by Gasteiger charge is -2.30. The van der Waals surface area contributed by atoms with E-state index in [1.54, 1.807) is 0 Å². The van der Waals surface area contributed by atoms with Crippen LogP contribution in [0.25, 0.3) is 0 Å². The number of rotatable bonds is 6. The Hall–Kier alpha value is -4.15. The number of nitro groups is 2. The van der Waals surface area contributed by atoms with Crippen LogP contribution < -0.4 is 0 Å². The van der Waals surface area contributed by atoms with Crippen molar-refractivity contribution in [3.05, 3.63) is 79.9 Å². The molecule has 3 rings (SSSR count). The summed E-state index contributed by atoms with van der Waals surface area (Å²) < 4.78 is 0. The average molecular weight is 398 g/mol. The third kappa shape index (κ3) is 3.93. The first-order valence-electron chi connectivity index (χ1n) is 8.44. The van der Waals surface area contributed by atoms with Crippen LogP contribution in [0.5, 0.6) is 0 Å². The van der Waals surface area contributed by atoms with Gasteiger partial charge in [0.1, 0.15) is 5.56 Å². The Labute approximate surface area is 163 Å². The Morgan fingerprint density at radius 2 is 1.52 bits per heavy atom. The number of carbonyl (C=O) groups excluding carboxylic acids is 3. The summed E-state index contributed by atoms with van der Waals surface area (Å²) in [5, 5.41) is 23.6. The van der Waals surface area contributed by atoms with E-state index in [1.165, 1.54) is 42.5 Å². The van der Waals surface area contributed by atoms with Crippen LogP contribution >= 0.6 is 0 Å². The quantitative estimate of drug-likeness (QED) is 0.412. The van der Waals surface area contributed by atoms with Crippen LogP contribution in [-0.2, 0) is 16.1 Å². The molecule has 1 aliphatic rings. The van der Waals surface area contributed by atoms with Crippen molar-refractivity contribution in [3.63, 3.8) is 0 Å². The van der Waals surface area contributed by atoms with Crippen molar-refractivity contribution in [1.82, 2.24) is 10.0 Å². The van der Waals surface area contributed by atoms with E-state index in [1.807, 2.05) is 0 Å². The van der Waals surface area contributed by atoms with Crippen molar-refractivity contribution in [2.24, 2.45) is 0 Å². The van der Waals surface area contributed by atoms with Gasteiger partial charge in [0, 0.05) is 31.0 Å². The van der Waals surface area contributed by atoms with Gasteiger partial charge in [-0.2, -0.15) is 5.01 Å². The summed E-state index contributed by atoms with van der Waals surface area (Å²) in [5.41, 5.74) is -0.522. The Balaban J connectivity index is 2.01. The minimum atomic E-state index is -0.903. The van der Waals surface area contributed by atoms with E-state index in [4.69, 9.17) is 0 Å². The summed E-state index contributed by atoms with van der Waals surface area (Å²) in [6, 6.07) is 10.4. The molecule has 2 aromatic carbocycles. The van der Waals surface area contributed by atoms with Gasteiger partial charge in [-0.05, 0) is 11.6 Å². The van der Waals surface area contributed by atoms with E-state index >= 15 is 0 Å². The number of non-ortho nitro benzene ring substituents is 1. The highest BCUT2D eigenvalue weighted by Gasteiger charge is 2.38. The zero-order valence-electron chi connectivity index (χ0n) is 14.9. The number of benzene rings is 2. The maximum atomic E-state index is 13.1. The molecule has 29 heavy (non-hydrogen) atoms. The molecule has 0 bridgehead atoms. The lowest BCUT2D eigenvalue weighted by atomic mass is 10.1. The molecule has 0 aliphatic carbocycles. The standard InChI is InChI=1S/C18H14N4O7/c23-16-9-10-17(24)20(16)19(11-12-5-7-13(8-6-12)21(26)27)18(25)14-3-1-2-4-15(14)22(28)29/h1-8H,9-11H2. The molecule has 1 saturated heterocycles. The number of imide groups is 1. The monoisotopic (exact) mass is 398 g/mol. The number of para-hydroxylation sites is 1. The molecule has 0 unspecified atom stereocenters. The molecule has 2 aromatic rings. The van der Waals surface area contributed by atoms with Crippen LogP contribution in [0.3, 0.4) is 0 Å². The summed E-state index contributed by atoms with van der Waals surface area (Å²) in [7, 11) is 0. The van der Waals surface area contributed by atoms with Crippen LogP contribution in [0, 0.1) is 20.2 Å². The molecule has 1 heterocycles. The highest BCUT2D eigenvalue weighted by molar-refractivity contribution is 6.06. The maximum absolute atomic E-state index is 13.1. The number of carbonyl (C=O) groups is 3. The Kier molecular flexibility index (Phi) is 5.30. The van der Waals surface area contributed by atoms with Crippen molar-refractivity contribution < 1.29 is 24.2 Å². The van der Waals surface area contributed by atoms with Crippen molar-refractivity contribution in [2.45, 2.75) is 19.4 Å². The highest BCUT2D eigenvalue weighted by atomic mass is 16.6. The zero-order chi connectivity index (χ0) is 21.1. The molecule has 0 atom stereocenters. The van der Waals surface area contributed by atoms with E-state index < -0.39 is 33.3 Å². The van der Waals surface area contributed by atoms with E-state index in [0.29, 0.717) is 10.6 Å². The first-order chi connectivity index (χ1) is 13.8. The van der Waals surface area contributed by atoms with Crippen LogP contribution in [0.15, 0.2) is 48.5 Å². The molecule has 1 fully saturated rings. The van der Waals surface area contributed by atoms with Crippen LogP contribution in [-0.4, -0.2) is 37.6 Å². The van der Waals surface area contributed by atoms with E-state index in [-0.39, 0.29) is 30.6 Å². The molecule has 148 valence electrons. The SMILES string of the molecule is O=C(c1ccccc1[N+](=O)[O-])N(Cc1ccc([N+](=O)[O-])cc1)N1C(=O)CCC1=O. The second kappa shape index (κ2) is 7.84. The van der Waals surface area contributed by atoms with Crippen molar-refractivity contribution in [1.29, 1.82) is 0 Å².